The zero-order chi connectivity index (χ0) is 22.8. The van der Waals surface area contributed by atoms with Crippen molar-refractivity contribution in [3.05, 3.63) is 47.2 Å². The van der Waals surface area contributed by atoms with Gasteiger partial charge in [0.1, 0.15) is 17.3 Å². The van der Waals surface area contributed by atoms with Gasteiger partial charge in [0.2, 0.25) is 5.88 Å². The largest absolute Gasteiger partial charge is 0.468 e. The molecule has 1 amide bonds. The normalized spacial score (nSPS) is 14.8. The highest BCUT2D eigenvalue weighted by molar-refractivity contribution is 5.92. The van der Waals surface area contributed by atoms with E-state index in [1.54, 1.807) is 27.0 Å². The second-order valence-electron chi connectivity index (χ2n) is 7.66. The van der Waals surface area contributed by atoms with Gasteiger partial charge in [-0.25, -0.2) is 15.0 Å². The third-order valence-corrected chi connectivity index (χ3v) is 5.10. The Labute approximate surface area is 177 Å². The maximum absolute atomic E-state index is 12.9. The number of Topliss-reactive ketones (excluding diaryl/α,β-unsaturated/α-hetero) is 1. The lowest BCUT2D eigenvalue weighted by Crippen LogP contribution is -2.31. The van der Waals surface area contributed by atoms with E-state index in [9.17, 15) is 22.8 Å². The Morgan fingerprint density at radius 3 is 2.61 bits per heavy atom. The quantitative estimate of drug-likeness (QED) is 0.630. The van der Waals surface area contributed by atoms with Gasteiger partial charge < -0.3 is 9.64 Å². The Hall–Kier alpha value is -3.04. The molecule has 1 aliphatic carbocycles. The number of ether oxygens (including phenoxy) is 1. The monoisotopic (exact) mass is 436 g/mol. The van der Waals surface area contributed by atoms with Crippen LogP contribution in [0.3, 0.4) is 0 Å². The SMILES string of the molecule is Cc1cc(C(C)N(C)C(=O)c2ccnc(CC(=O)C3CC3)n2)cnc1OCC(F)(F)F. The van der Waals surface area contributed by atoms with Crippen LogP contribution in [0, 0.1) is 12.8 Å². The number of nitrogens with zero attached hydrogens (tertiary/aromatic N) is 4. The fraction of sp³-hybridized carbons (Fsp3) is 0.476. The zero-order valence-corrected chi connectivity index (χ0v) is 17.4. The van der Waals surface area contributed by atoms with Crippen molar-refractivity contribution in [3.8, 4) is 5.88 Å². The molecule has 10 heteroatoms. The molecule has 7 nitrogen and oxygen atoms in total. The summed E-state index contributed by atoms with van der Waals surface area (Å²) < 4.78 is 41.8. The van der Waals surface area contributed by atoms with E-state index < -0.39 is 18.8 Å². The van der Waals surface area contributed by atoms with E-state index in [4.69, 9.17) is 4.74 Å². The zero-order valence-electron chi connectivity index (χ0n) is 17.4. The van der Waals surface area contributed by atoms with Crippen LogP contribution >= 0.6 is 0 Å². The number of pyridine rings is 1. The second-order valence-corrected chi connectivity index (χ2v) is 7.66. The van der Waals surface area contributed by atoms with Crippen LogP contribution in [-0.2, 0) is 11.2 Å². The van der Waals surface area contributed by atoms with E-state index in [1.807, 2.05) is 0 Å². The number of aryl methyl sites for hydroxylation is 1. The van der Waals surface area contributed by atoms with Gasteiger partial charge >= 0.3 is 6.18 Å². The maximum atomic E-state index is 12.9. The minimum absolute atomic E-state index is 0.0840. The topological polar surface area (TPSA) is 85.3 Å². The average molecular weight is 436 g/mol. The molecule has 1 aliphatic rings. The van der Waals surface area contributed by atoms with Crippen molar-refractivity contribution in [1.82, 2.24) is 19.9 Å². The van der Waals surface area contributed by atoms with E-state index in [0.29, 0.717) is 17.0 Å². The van der Waals surface area contributed by atoms with Crippen molar-refractivity contribution in [1.29, 1.82) is 0 Å². The Balaban J connectivity index is 1.69. The molecule has 1 atom stereocenters. The van der Waals surface area contributed by atoms with Gasteiger partial charge in [-0.15, -0.1) is 0 Å². The molecule has 2 aromatic heterocycles. The van der Waals surface area contributed by atoms with Crippen LogP contribution in [0.25, 0.3) is 0 Å². The number of amides is 1. The molecule has 1 fully saturated rings. The van der Waals surface area contributed by atoms with Gasteiger partial charge in [0.15, 0.2) is 6.61 Å². The van der Waals surface area contributed by atoms with E-state index >= 15 is 0 Å². The van der Waals surface area contributed by atoms with E-state index in [1.165, 1.54) is 23.4 Å². The standard InChI is InChI=1S/C21H23F3N4O3/c1-12-8-15(10-26-19(12)31-11-21(22,23)24)13(2)28(3)20(30)16-6-7-25-18(27-16)9-17(29)14-4-5-14/h6-8,10,13-14H,4-5,9,11H2,1-3H3. The van der Waals surface area contributed by atoms with Crippen LogP contribution in [-0.4, -0.2) is 51.4 Å². The first-order chi connectivity index (χ1) is 14.5. The molecule has 0 radical (unpaired) electrons. The van der Waals surface area contributed by atoms with Crippen molar-refractivity contribution < 1.29 is 27.5 Å². The van der Waals surface area contributed by atoms with Crippen molar-refractivity contribution in [2.24, 2.45) is 5.92 Å². The Morgan fingerprint density at radius 1 is 1.29 bits per heavy atom. The summed E-state index contributed by atoms with van der Waals surface area (Å²) in [5, 5.41) is 0. The van der Waals surface area contributed by atoms with Crippen molar-refractivity contribution >= 4 is 11.7 Å². The molecule has 0 aliphatic heterocycles. The van der Waals surface area contributed by atoms with Gasteiger partial charge in [-0.1, -0.05) is 0 Å². The summed E-state index contributed by atoms with van der Waals surface area (Å²) in [6.45, 7) is 1.93. The number of rotatable bonds is 8. The first kappa shape index (κ1) is 22.6. The number of hydrogen-bond acceptors (Lipinski definition) is 6. The van der Waals surface area contributed by atoms with Gasteiger partial charge in [-0.2, -0.15) is 13.2 Å². The molecule has 2 heterocycles. The third-order valence-electron chi connectivity index (χ3n) is 5.10. The summed E-state index contributed by atoms with van der Waals surface area (Å²) in [5.74, 6) is 0.00533. The number of alkyl halides is 3. The fourth-order valence-electron chi connectivity index (χ4n) is 3.00. The number of aromatic nitrogens is 3. The van der Waals surface area contributed by atoms with Crippen LogP contribution < -0.4 is 4.74 Å². The highest BCUT2D eigenvalue weighted by Crippen LogP contribution is 2.30. The summed E-state index contributed by atoms with van der Waals surface area (Å²) >= 11 is 0. The van der Waals surface area contributed by atoms with Crippen LogP contribution in [0.4, 0.5) is 13.2 Å². The molecule has 0 bridgehead atoms. The van der Waals surface area contributed by atoms with E-state index in [0.717, 1.165) is 12.8 Å². The highest BCUT2D eigenvalue weighted by Gasteiger charge is 2.30. The Bertz CT molecular complexity index is 977. The van der Waals surface area contributed by atoms with Gasteiger partial charge in [-0.3, -0.25) is 9.59 Å². The molecule has 0 spiro atoms. The van der Waals surface area contributed by atoms with Gasteiger partial charge in [0.05, 0.1) is 12.5 Å². The molecule has 31 heavy (non-hydrogen) atoms. The fourth-order valence-corrected chi connectivity index (χ4v) is 3.00. The molecule has 1 unspecified atom stereocenters. The predicted octanol–water partition coefficient (Wildman–Crippen LogP) is 3.48. The number of hydrogen-bond donors (Lipinski definition) is 0. The van der Waals surface area contributed by atoms with Gasteiger partial charge in [0.25, 0.3) is 5.91 Å². The molecular formula is C21H23F3N4O3. The molecule has 2 aromatic rings. The van der Waals surface area contributed by atoms with Gasteiger partial charge in [-0.05, 0) is 44.4 Å². The summed E-state index contributed by atoms with van der Waals surface area (Å²) in [4.78, 5) is 38.6. The third kappa shape index (κ3) is 5.99. The van der Waals surface area contributed by atoms with Crippen LogP contribution in [0.2, 0.25) is 0 Å². The van der Waals surface area contributed by atoms with Crippen LogP contribution in [0.15, 0.2) is 24.5 Å². The first-order valence-electron chi connectivity index (χ1n) is 9.83. The van der Waals surface area contributed by atoms with Crippen molar-refractivity contribution in [3.63, 3.8) is 0 Å². The summed E-state index contributed by atoms with van der Waals surface area (Å²) in [7, 11) is 1.59. The Kier molecular flexibility index (Phi) is 6.56. The number of halogens is 3. The molecular weight excluding hydrogens is 413 g/mol. The minimum atomic E-state index is -4.45. The van der Waals surface area contributed by atoms with Crippen molar-refractivity contribution in [2.45, 2.75) is 45.3 Å². The van der Waals surface area contributed by atoms with E-state index in [-0.39, 0.29) is 35.6 Å². The van der Waals surface area contributed by atoms with Crippen LogP contribution in [0.1, 0.15) is 53.2 Å². The Morgan fingerprint density at radius 2 is 2.00 bits per heavy atom. The minimum Gasteiger partial charge on any atom is -0.468 e. The second kappa shape index (κ2) is 8.99. The average Bonchev–Trinajstić information content (AvgIpc) is 3.56. The number of carbonyl (C=O) groups excluding carboxylic acids is 2. The maximum Gasteiger partial charge on any atom is 0.422 e. The lowest BCUT2D eigenvalue weighted by atomic mass is 10.1. The number of ketones is 1. The first-order valence-corrected chi connectivity index (χ1v) is 9.83. The lowest BCUT2D eigenvalue weighted by Gasteiger charge is -2.25. The highest BCUT2D eigenvalue weighted by atomic mass is 19.4. The van der Waals surface area contributed by atoms with Crippen molar-refractivity contribution in [2.75, 3.05) is 13.7 Å². The summed E-state index contributed by atoms with van der Waals surface area (Å²) in [5.41, 5.74) is 1.22. The molecule has 0 N–H and O–H groups in total. The molecule has 1 saturated carbocycles. The molecule has 0 aromatic carbocycles. The smallest absolute Gasteiger partial charge is 0.422 e. The van der Waals surface area contributed by atoms with Gasteiger partial charge in [0, 0.05) is 30.9 Å². The van der Waals surface area contributed by atoms with Crippen LogP contribution in [0.5, 0.6) is 5.88 Å². The predicted molar refractivity (Wildman–Crippen MR) is 104 cm³/mol. The molecule has 0 saturated heterocycles. The molecule has 3 rings (SSSR count). The number of carbonyl (C=O) groups is 2. The summed E-state index contributed by atoms with van der Waals surface area (Å²) in [6, 6.07) is 2.68. The lowest BCUT2D eigenvalue weighted by molar-refractivity contribution is -0.154. The molecule has 166 valence electrons. The summed E-state index contributed by atoms with van der Waals surface area (Å²) in [6.07, 6.45) is 0.274. The van der Waals surface area contributed by atoms with E-state index in [2.05, 4.69) is 15.0 Å².